The van der Waals surface area contributed by atoms with Gasteiger partial charge in [0.25, 0.3) is 5.91 Å². The Morgan fingerprint density at radius 2 is 1.78 bits per heavy atom. The topological polar surface area (TPSA) is 61.9 Å². The highest BCUT2D eigenvalue weighted by molar-refractivity contribution is 9.10. The summed E-state index contributed by atoms with van der Waals surface area (Å²) in [5, 5.41) is 3.39. The Labute approximate surface area is 224 Å². The van der Waals surface area contributed by atoms with Gasteiger partial charge < -0.3 is 19.9 Å². The van der Waals surface area contributed by atoms with Crippen molar-refractivity contribution in [3.8, 4) is 5.75 Å². The number of nitrogens with one attached hydrogen (secondary N) is 1. The molecular formula is C28H27BrClN3O3. The summed E-state index contributed by atoms with van der Waals surface area (Å²) in [6.45, 7) is 4.55. The molecule has 1 aliphatic rings. The number of carbonyl (C=O) groups is 2. The molecule has 0 spiro atoms. The molecule has 0 saturated carbocycles. The average Bonchev–Trinajstić information content (AvgIpc) is 2.88. The van der Waals surface area contributed by atoms with Crippen LogP contribution >= 0.6 is 27.5 Å². The molecule has 1 fully saturated rings. The Balaban J connectivity index is 1.36. The zero-order chi connectivity index (χ0) is 25.7. The van der Waals surface area contributed by atoms with Crippen LogP contribution in [-0.2, 0) is 4.79 Å². The maximum Gasteiger partial charge on any atom is 0.254 e. The minimum atomic E-state index is -0.274. The van der Waals surface area contributed by atoms with Crippen molar-refractivity contribution in [1.29, 1.82) is 0 Å². The third-order valence-electron chi connectivity index (χ3n) is 6.10. The zero-order valence-corrected chi connectivity index (χ0v) is 22.5. The molecule has 0 atom stereocenters. The molecule has 2 amide bonds. The van der Waals surface area contributed by atoms with E-state index in [1.54, 1.807) is 19.3 Å². The van der Waals surface area contributed by atoms with Gasteiger partial charge in [0.2, 0.25) is 5.91 Å². The molecule has 0 aliphatic carbocycles. The molecule has 4 rings (SSSR count). The molecule has 0 radical (unpaired) electrons. The van der Waals surface area contributed by atoms with E-state index in [0.29, 0.717) is 42.6 Å². The van der Waals surface area contributed by atoms with Gasteiger partial charge in [-0.05, 0) is 61.0 Å². The van der Waals surface area contributed by atoms with E-state index in [4.69, 9.17) is 16.3 Å². The fourth-order valence-electron chi connectivity index (χ4n) is 4.16. The molecule has 36 heavy (non-hydrogen) atoms. The molecule has 1 heterocycles. The van der Waals surface area contributed by atoms with Crippen LogP contribution in [0.25, 0.3) is 6.08 Å². The van der Waals surface area contributed by atoms with Crippen LogP contribution in [0.15, 0.2) is 71.2 Å². The van der Waals surface area contributed by atoms with Crippen LogP contribution in [0.4, 0.5) is 11.4 Å². The smallest absolute Gasteiger partial charge is 0.254 e. The van der Waals surface area contributed by atoms with Crippen LogP contribution in [0.3, 0.4) is 0 Å². The number of amides is 2. The van der Waals surface area contributed by atoms with Crippen LogP contribution in [0.1, 0.15) is 21.5 Å². The van der Waals surface area contributed by atoms with Gasteiger partial charge in [-0.1, -0.05) is 45.7 Å². The van der Waals surface area contributed by atoms with Crippen molar-refractivity contribution in [2.24, 2.45) is 0 Å². The van der Waals surface area contributed by atoms with Crippen molar-refractivity contribution in [3.63, 3.8) is 0 Å². The molecule has 0 aromatic heterocycles. The maximum absolute atomic E-state index is 12.9. The second-order valence-electron chi connectivity index (χ2n) is 8.47. The highest BCUT2D eigenvalue weighted by Crippen LogP contribution is 2.30. The van der Waals surface area contributed by atoms with E-state index in [1.165, 1.54) is 6.08 Å². The molecule has 8 heteroatoms. The Hall–Kier alpha value is -3.29. The van der Waals surface area contributed by atoms with Gasteiger partial charge in [0.05, 0.1) is 17.8 Å². The molecule has 3 aromatic carbocycles. The summed E-state index contributed by atoms with van der Waals surface area (Å²) in [6.07, 6.45) is 3.16. The molecule has 0 bridgehead atoms. The predicted molar refractivity (Wildman–Crippen MR) is 149 cm³/mol. The Kier molecular flexibility index (Phi) is 8.33. The number of benzene rings is 3. The minimum Gasteiger partial charge on any atom is -0.496 e. The Morgan fingerprint density at radius 1 is 1.03 bits per heavy atom. The van der Waals surface area contributed by atoms with Gasteiger partial charge in [-0.3, -0.25) is 9.59 Å². The Bertz CT molecular complexity index is 1300. The lowest BCUT2D eigenvalue weighted by Gasteiger charge is -2.36. The van der Waals surface area contributed by atoms with Crippen LogP contribution in [0, 0.1) is 6.92 Å². The third kappa shape index (κ3) is 6.09. The second-order valence-corrected chi connectivity index (χ2v) is 9.79. The minimum absolute atomic E-state index is 0.0606. The van der Waals surface area contributed by atoms with Gasteiger partial charge >= 0.3 is 0 Å². The highest BCUT2D eigenvalue weighted by Gasteiger charge is 2.24. The van der Waals surface area contributed by atoms with Crippen molar-refractivity contribution >= 4 is 56.8 Å². The van der Waals surface area contributed by atoms with E-state index in [9.17, 15) is 9.59 Å². The number of hydrogen-bond acceptors (Lipinski definition) is 4. The molecule has 0 unspecified atom stereocenters. The van der Waals surface area contributed by atoms with E-state index in [1.807, 2.05) is 66.4 Å². The number of hydrogen-bond donors (Lipinski definition) is 1. The highest BCUT2D eigenvalue weighted by atomic mass is 79.9. The molecule has 3 aromatic rings. The quantitative estimate of drug-likeness (QED) is 0.369. The summed E-state index contributed by atoms with van der Waals surface area (Å²) in [5.41, 5.74) is 4.00. The van der Waals surface area contributed by atoms with Crippen molar-refractivity contribution in [3.05, 3.63) is 92.9 Å². The van der Waals surface area contributed by atoms with Crippen molar-refractivity contribution in [2.45, 2.75) is 6.92 Å². The lowest BCUT2D eigenvalue weighted by atomic mass is 10.1. The fraction of sp³-hybridized carbons (Fsp3) is 0.214. The summed E-state index contributed by atoms with van der Waals surface area (Å²) in [5.74, 6) is 0.463. The number of halogens is 2. The van der Waals surface area contributed by atoms with Crippen molar-refractivity contribution in [2.75, 3.05) is 43.5 Å². The maximum atomic E-state index is 12.9. The first-order valence-electron chi connectivity index (χ1n) is 11.6. The first kappa shape index (κ1) is 25.8. The first-order chi connectivity index (χ1) is 17.4. The second kappa shape index (κ2) is 11.6. The molecule has 1 aliphatic heterocycles. The monoisotopic (exact) mass is 567 g/mol. The summed E-state index contributed by atoms with van der Waals surface area (Å²) >= 11 is 10.0. The molecule has 6 nitrogen and oxygen atoms in total. The number of nitrogens with zero attached hydrogens (tertiary/aromatic N) is 2. The van der Waals surface area contributed by atoms with Crippen LogP contribution < -0.4 is 15.0 Å². The standard InChI is InChI=1S/C28H27BrClN3O3/c1-19-5-3-4-6-23(19)28(35)33-15-13-32(14-16-33)25-10-9-22(18-24(25)30)31-27(34)12-7-20-17-21(29)8-11-26(20)36-2/h3-12,17-18H,13-16H2,1-2H3,(H,31,34). The molecular weight excluding hydrogens is 542 g/mol. The van der Waals surface area contributed by atoms with E-state index in [2.05, 4.69) is 26.1 Å². The number of carbonyl (C=O) groups excluding carboxylic acids is 2. The molecule has 1 N–H and O–H groups in total. The normalized spacial score (nSPS) is 13.7. The molecule has 1 saturated heterocycles. The lowest BCUT2D eigenvalue weighted by molar-refractivity contribution is -0.111. The van der Waals surface area contributed by atoms with E-state index in [-0.39, 0.29) is 11.8 Å². The predicted octanol–water partition coefficient (Wildman–Crippen LogP) is 6.03. The summed E-state index contributed by atoms with van der Waals surface area (Å²) < 4.78 is 6.23. The number of rotatable bonds is 6. The van der Waals surface area contributed by atoms with Crippen LogP contribution in [-0.4, -0.2) is 50.0 Å². The van der Waals surface area contributed by atoms with E-state index >= 15 is 0 Å². The van der Waals surface area contributed by atoms with Gasteiger partial charge in [0, 0.05) is 53.5 Å². The average molecular weight is 569 g/mol. The van der Waals surface area contributed by atoms with Gasteiger partial charge in [-0.25, -0.2) is 0 Å². The number of aryl methyl sites for hydroxylation is 1. The largest absolute Gasteiger partial charge is 0.496 e. The third-order valence-corrected chi connectivity index (χ3v) is 6.90. The number of ether oxygens (including phenoxy) is 1. The first-order valence-corrected chi connectivity index (χ1v) is 12.7. The van der Waals surface area contributed by atoms with Gasteiger partial charge in [-0.2, -0.15) is 0 Å². The molecule has 186 valence electrons. The fourth-order valence-corrected chi connectivity index (χ4v) is 4.84. The lowest BCUT2D eigenvalue weighted by Crippen LogP contribution is -2.49. The van der Waals surface area contributed by atoms with Crippen LogP contribution in [0.5, 0.6) is 5.75 Å². The van der Waals surface area contributed by atoms with Crippen LogP contribution in [0.2, 0.25) is 5.02 Å². The SMILES string of the molecule is COc1ccc(Br)cc1C=CC(=O)Nc1ccc(N2CCN(C(=O)c3ccccc3C)CC2)c(Cl)c1. The van der Waals surface area contributed by atoms with Crippen molar-refractivity contribution < 1.29 is 14.3 Å². The number of anilines is 2. The summed E-state index contributed by atoms with van der Waals surface area (Å²) in [7, 11) is 1.59. The van der Waals surface area contributed by atoms with Gasteiger partial charge in [0.15, 0.2) is 0 Å². The zero-order valence-electron chi connectivity index (χ0n) is 20.1. The van der Waals surface area contributed by atoms with Gasteiger partial charge in [0.1, 0.15) is 5.75 Å². The van der Waals surface area contributed by atoms with E-state index < -0.39 is 0 Å². The Morgan fingerprint density at radius 3 is 2.47 bits per heavy atom. The van der Waals surface area contributed by atoms with E-state index in [0.717, 1.165) is 26.9 Å². The van der Waals surface area contributed by atoms with Crippen molar-refractivity contribution in [1.82, 2.24) is 4.90 Å². The number of methoxy groups -OCH3 is 1. The summed E-state index contributed by atoms with van der Waals surface area (Å²) in [4.78, 5) is 29.4. The number of piperazine rings is 1. The summed E-state index contributed by atoms with van der Waals surface area (Å²) in [6, 6.07) is 18.7. The van der Waals surface area contributed by atoms with Gasteiger partial charge in [-0.15, -0.1) is 0 Å².